The van der Waals surface area contributed by atoms with E-state index in [4.69, 9.17) is 19.3 Å². The van der Waals surface area contributed by atoms with E-state index in [0.717, 1.165) is 6.42 Å². The molecule has 3 saturated heterocycles. The van der Waals surface area contributed by atoms with Crippen molar-refractivity contribution in [1.29, 1.82) is 0 Å². The van der Waals surface area contributed by atoms with Crippen LogP contribution in [-0.2, 0) is 23.9 Å². The number of esters is 1. The second-order valence-electron chi connectivity index (χ2n) is 9.99. The molecule has 9 heteroatoms. The Labute approximate surface area is 206 Å². The normalized spacial score (nSPS) is 33.1. The summed E-state index contributed by atoms with van der Waals surface area (Å²) in [6, 6.07) is 6.11. The van der Waals surface area contributed by atoms with Gasteiger partial charge in [-0.2, -0.15) is 0 Å². The summed E-state index contributed by atoms with van der Waals surface area (Å²) < 4.78 is 17.2. The van der Waals surface area contributed by atoms with E-state index in [0.29, 0.717) is 37.2 Å². The Hall–Kier alpha value is -2.65. The second-order valence-corrected chi connectivity index (χ2v) is 9.99. The first kappa shape index (κ1) is 25.4. The van der Waals surface area contributed by atoms with Gasteiger partial charge in [0.15, 0.2) is 0 Å². The zero-order valence-corrected chi connectivity index (χ0v) is 20.9. The summed E-state index contributed by atoms with van der Waals surface area (Å²) in [4.78, 5) is 42.3. The van der Waals surface area contributed by atoms with E-state index in [1.807, 2.05) is 13.8 Å². The summed E-state index contributed by atoms with van der Waals surface area (Å²) >= 11 is 0. The molecule has 3 unspecified atom stereocenters. The van der Waals surface area contributed by atoms with Crippen LogP contribution in [0.5, 0.6) is 5.75 Å². The molecule has 2 N–H and O–H groups in total. The minimum atomic E-state index is -1.10. The van der Waals surface area contributed by atoms with Crippen molar-refractivity contribution < 1.29 is 33.7 Å². The number of methoxy groups -OCH3 is 1. The number of nitrogens with one attached hydrogen (secondary N) is 1. The summed E-state index contributed by atoms with van der Waals surface area (Å²) in [6.07, 6.45) is 2.49. The number of nitrogens with zero attached hydrogens (tertiary/aromatic N) is 1. The van der Waals surface area contributed by atoms with Crippen LogP contribution in [-0.4, -0.2) is 71.9 Å². The molecular weight excluding hydrogens is 452 g/mol. The van der Waals surface area contributed by atoms with Gasteiger partial charge < -0.3 is 29.5 Å². The van der Waals surface area contributed by atoms with Crippen molar-refractivity contribution in [3.8, 4) is 5.75 Å². The van der Waals surface area contributed by atoms with Crippen LogP contribution in [0.2, 0.25) is 0 Å². The maximum Gasteiger partial charge on any atom is 0.312 e. The molecular formula is C26H36N2O7. The standard InChI is InChI=1S/C26H36N2O7/c1-5-34-24(32)20-19-23(31)28(13-7-6-8-14-29)21(26(19)15-16(2)25(20,3)35-26)22(30)27-17-9-11-18(33-4)12-10-17/h9-12,16,19-21,29H,5-8,13-15H2,1-4H3,(H,27,30)/t16?,19-,20+,21?,25-,26?/m0/s1. The molecule has 0 aliphatic carbocycles. The molecule has 1 aromatic rings. The van der Waals surface area contributed by atoms with Crippen LogP contribution in [0.1, 0.15) is 46.5 Å². The number of likely N-dealkylation sites (tertiary alicyclic amines) is 1. The summed E-state index contributed by atoms with van der Waals surface area (Å²) in [5, 5.41) is 12.1. The Morgan fingerprint density at radius 3 is 2.57 bits per heavy atom. The van der Waals surface area contributed by atoms with Gasteiger partial charge >= 0.3 is 5.97 Å². The number of hydrogen-bond donors (Lipinski definition) is 2. The first-order valence-electron chi connectivity index (χ1n) is 12.5. The van der Waals surface area contributed by atoms with Gasteiger partial charge in [0.2, 0.25) is 11.8 Å². The van der Waals surface area contributed by atoms with Crippen molar-refractivity contribution in [2.45, 2.75) is 63.7 Å². The number of amides is 2. The van der Waals surface area contributed by atoms with E-state index in [1.165, 1.54) is 0 Å². The number of carbonyl (C=O) groups excluding carboxylic acids is 3. The number of aliphatic hydroxyl groups excluding tert-OH is 1. The Morgan fingerprint density at radius 1 is 1.23 bits per heavy atom. The molecule has 2 bridgehead atoms. The number of aliphatic hydroxyl groups is 1. The third-order valence-corrected chi connectivity index (χ3v) is 8.02. The van der Waals surface area contributed by atoms with Gasteiger partial charge in [0.25, 0.3) is 0 Å². The highest BCUT2D eigenvalue weighted by atomic mass is 16.6. The highest BCUT2D eigenvalue weighted by Gasteiger charge is 2.80. The highest BCUT2D eigenvalue weighted by Crippen LogP contribution is 2.65. The largest absolute Gasteiger partial charge is 0.497 e. The number of benzene rings is 1. The monoisotopic (exact) mass is 488 g/mol. The van der Waals surface area contributed by atoms with Crippen molar-refractivity contribution in [3.63, 3.8) is 0 Å². The van der Waals surface area contributed by atoms with Gasteiger partial charge in [0, 0.05) is 18.8 Å². The lowest BCUT2D eigenvalue weighted by Gasteiger charge is -2.35. The topological polar surface area (TPSA) is 114 Å². The zero-order valence-electron chi connectivity index (χ0n) is 20.9. The van der Waals surface area contributed by atoms with E-state index < -0.39 is 35.0 Å². The average molecular weight is 489 g/mol. The lowest BCUT2D eigenvalue weighted by molar-refractivity contribution is -0.160. The van der Waals surface area contributed by atoms with E-state index >= 15 is 0 Å². The lowest BCUT2D eigenvalue weighted by Crippen LogP contribution is -2.54. The molecule has 3 fully saturated rings. The number of ether oxygens (including phenoxy) is 3. The van der Waals surface area contributed by atoms with E-state index in [2.05, 4.69) is 5.32 Å². The van der Waals surface area contributed by atoms with Crippen molar-refractivity contribution in [1.82, 2.24) is 4.90 Å². The lowest BCUT2D eigenvalue weighted by atomic mass is 9.62. The van der Waals surface area contributed by atoms with E-state index in [-0.39, 0.29) is 30.9 Å². The first-order chi connectivity index (χ1) is 16.7. The van der Waals surface area contributed by atoms with Crippen LogP contribution >= 0.6 is 0 Å². The Morgan fingerprint density at radius 2 is 1.94 bits per heavy atom. The van der Waals surface area contributed by atoms with Gasteiger partial charge in [-0.25, -0.2) is 0 Å². The Bertz CT molecular complexity index is 967. The molecule has 4 rings (SSSR count). The molecule has 0 saturated carbocycles. The highest BCUT2D eigenvalue weighted by molar-refractivity contribution is 6.03. The summed E-state index contributed by atoms with van der Waals surface area (Å²) in [5.74, 6) is -1.93. The average Bonchev–Trinajstić information content (AvgIpc) is 3.34. The van der Waals surface area contributed by atoms with Gasteiger partial charge in [0.1, 0.15) is 23.3 Å². The van der Waals surface area contributed by atoms with Crippen LogP contribution in [0.25, 0.3) is 0 Å². The molecule has 3 aliphatic rings. The molecule has 3 heterocycles. The second kappa shape index (κ2) is 9.78. The summed E-state index contributed by atoms with van der Waals surface area (Å²) in [7, 11) is 1.57. The molecule has 1 spiro atoms. The van der Waals surface area contributed by atoms with Crippen LogP contribution in [0.3, 0.4) is 0 Å². The van der Waals surface area contributed by atoms with Gasteiger partial charge in [0.05, 0.1) is 25.2 Å². The number of hydrogen-bond acceptors (Lipinski definition) is 7. The van der Waals surface area contributed by atoms with E-state index in [9.17, 15) is 14.4 Å². The first-order valence-corrected chi connectivity index (χ1v) is 12.5. The SMILES string of the molecule is CCOC(=O)[C@H]1[C@H]2C(=O)N(CCCCCO)C(C(=O)Nc3ccc(OC)cc3)C23CC(C)[C@]1(C)O3. The predicted molar refractivity (Wildman–Crippen MR) is 128 cm³/mol. The maximum atomic E-state index is 13.8. The fourth-order valence-electron chi connectivity index (χ4n) is 6.33. The third-order valence-electron chi connectivity index (χ3n) is 8.02. The Kier molecular flexibility index (Phi) is 7.11. The fourth-order valence-corrected chi connectivity index (χ4v) is 6.33. The van der Waals surface area contributed by atoms with Gasteiger partial charge in [-0.3, -0.25) is 14.4 Å². The number of unbranched alkanes of at least 4 members (excludes halogenated alkanes) is 2. The van der Waals surface area contributed by atoms with Crippen LogP contribution in [0.15, 0.2) is 24.3 Å². The van der Waals surface area contributed by atoms with Crippen molar-refractivity contribution in [3.05, 3.63) is 24.3 Å². The van der Waals surface area contributed by atoms with Crippen LogP contribution in [0, 0.1) is 17.8 Å². The van der Waals surface area contributed by atoms with Crippen molar-refractivity contribution in [2.75, 3.05) is 32.2 Å². The van der Waals surface area contributed by atoms with Gasteiger partial charge in [-0.05, 0) is 69.7 Å². The minimum absolute atomic E-state index is 0.0356. The smallest absolute Gasteiger partial charge is 0.312 e. The van der Waals surface area contributed by atoms with Gasteiger partial charge in [-0.1, -0.05) is 6.92 Å². The predicted octanol–water partition coefficient (Wildman–Crippen LogP) is 2.37. The number of fused-ring (bicyclic) bond motifs is 1. The summed E-state index contributed by atoms with van der Waals surface area (Å²) in [6.45, 7) is 6.24. The van der Waals surface area contributed by atoms with Crippen LogP contribution < -0.4 is 10.1 Å². The molecule has 0 radical (unpaired) electrons. The quantitative estimate of drug-likeness (QED) is 0.384. The number of anilines is 1. The number of rotatable bonds is 10. The molecule has 6 atom stereocenters. The molecule has 3 aliphatic heterocycles. The molecule has 9 nitrogen and oxygen atoms in total. The van der Waals surface area contributed by atoms with E-state index in [1.54, 1.807) is 43.2 Å². The van der Waals surface area contributed by atoms with Crippen molar-refractivity contribution in [2.24, 2.45) is 17.8 Å². The summed E-state index contributed by atoms with van der Waals surface area (Å²) in [5.41, 5.74) is -1.40. The molecule has 1 aromatic carbocycles. The Balaban J connectivity index is 1.69. The van der Waals surface area contributed by atoms with Crippen LogP contribution in [0.4, 0.5) is 5.69 Å². The molecule has 2 amide bonds. The van der Waals surface area contributed by atoms with Gasteiger partial charge in [-0.15, -0.1) is 0 Å². The molecule has 192 valence electrons. The van der Waals surface area contributed by atoms with Crippen molar-refractivity contribution >= 4 is 23.5 Å². The zero-order chi connectivity index (χ0) is 25.4. The fraction of sp³-hybridized carbons (Fsp3) is 0.654. The maximum absolute atomic E-state index is 13.8. The number of carbonyl (C=O) groups is 3. The molecule has 35 heavy (non-hydrogen) atoms. The minimum Gasteiger partial charge on any atom is -0.497 e. The third kappa shape index (κ3) is 4.08. The molecule has 0 aromatic heterocycles.